The second-order valence-electron chi connectivity index (χ2n) is 4.19. The quantitative estimate of drug-likeness (QED) is 0.823. The van der Waals surface area contributed by atoms with E-state index in [1.54, 1.807) is 0 Å². The van der Waals surface area contributed by atoms with Gasteiger partial charge in [0.2, 0.25) is 0 Å². The van der Waals surface area contributed by atoms with Gasteiger partial charge in [-0.3, -0.25) is 4.84 Å². The second kappa shape index (κ2) is 7.67. The minimum absolute atomic E-state index is 0.338. The molecule has 0 aromatic heterocycles. The largest absolute Gasteiger partial charge is 0.338 e. The molecule has 0 aliphatic heterocycles. The molecule has 5 heteroatoms. The van der Waals surface area contributed by atoms with Gasteiger partial charge in [0.05, 0.1) is 6.61 Å². The Bertz CT molecular complexity index is 561. The Morgan fingerprint density at radius 2 is 1.80 bits per heavy atom. The van der Waals surface area contributed by atoms with Crippen LogP contribution >= 0.6 is 15.9 Å². The van der Waals surface area contributed by atoms with Gasteiger partial charge in [0, 0.05) is 11.0 Å². The van der Waals surface area contributed by atoms with Crippen LogP contribution in [0, 0.1) is 0 Å². The maximum atomic E-state index is 11.5. The minimum atomic E-state index is -0.360. The lowest BCUT2D eigenvalue weighted by Crippen LogP contribution is -2.34. The van der Waals surface area contributed by atoms with E-state index in [4.69, 9.17) is 4.84 Å². The number of hydrogen-bond donors (Lipinski definition) is 2. The third-order valence-corrected chi connectivity index (χ3v) is 3.08. The van der Waals surface area contributed by atoms with Crippen molar-refractivity contribution in [1.82, 2.24) is 10.8 Å². The molecule has 0 bridgehead atoms. The van der Waals surface area contributed by atoms with Gasteiger partial charge in [-0.15, -0.1) is 0 Å². The summed E-state index contributed by atoms with van der Waals surface area (Å²) in [6, 6.07) is 17.0. The highest BCUT2D eigenvalue weighted by atomic mass is 79.9. The molecule has 4 nitrogen and oxygen atoms in total. The number of halogens is 1. The summed E-state index contributed by atoms with van der Waals surface area (Å²) in [5.74, 6) is 0. The van der Waals surface area contributed by atoms with Gasteiger partial charge < -0.3 is 5.32 Å². The third kappa shape index (κ3) is 5.03. The van der Waals surface area contributed by atoms with E-state index in [1.165, 1.54) is 0 Å². The fourth-order valence-electron chi connectivity index (χ4n) is 1.62. The Hall–Kier alpha value is -1.85. The zero-order valence-corrected chi connectivity index (χ0v) is 12.4. The molecule has 2 aromatic carbocycles. The summed E-state index contributed by atoms with van der Waals surface area (Å²) >= 11 is 3.38. The van der Waals surface area contributed by atoms with Gasteiger partial charge in [0.1, 0.15) is 0 Å². The lowest BCUT2D eigenvalue weighted by molar-refractivity contribution is 0.0490. The Morgan fingerprint density at radius 3 is 2.55 bits per heavy atom. The molecule has 20 heavy (non-hydrogen) atoms. The lowest BCUT2D eigenvalue weighted by Gasteiger charge is -2.08. The SMILES string of the molecule is O=C(NCc1cccc(Br)c1)NOCc1ccccc1. The number of urea groups is 1. The number of amides is 2. The molecule has 0 heterocycles. The van der Waals surface area contributed by atoms with E-state index < -0.39 is 0 Å². The van der Waals surface area contributed by atoms with Crippen LogP contribution in [0.1, 0.15) is 11.1 Å². The molecule has 2 aromatic rings. The smallest absolute Gasteiger partial charge is 0.332 e. The van der Waals surface area contributed by atoms with Crippen molar-refractivity contribution in [3.8, 4) is 0 Å². The average Bonchev–Trinajstić information content (AvgIpc) is 2.46. The van der Waals surface area contributed by atoms with Crippen LogP contribution in [0.25, 0.3) is 0 Å². The predicted molar refractivity (Wildman–Crippen MR) is 80.7 cm³/mol. The number of rotatable bonds is 5. The Labute approximate surface area is 126 Å². The van der Waals surface area contributed by atoms with Crippen molar-refractivity contribution in [2.24, 2.45) is 0 Å². The average molecular weight is 335 g/mol. The zero-order chi connectivity index (χ0) is 14.2. The predicted octanol–water partition coefficient (Wildman–Crippen LogP) is 3.38. The topological polar surface area (TPSA) is 50.4 Å². The van der Waals surface area contributed by atoms with E-state index >= 15 is 0 Å². The van der Waals surface area contributed by atoms with Crippen LogP contribution in [-0.4, -0.2) is 6.03 Å². The second-order valence-corrected chi connectivity index (χ2v) is 5.10. The molecule has 0 saturated carbocycles. The number of benzene rings is 2. The van der Waals surface area contributed by atoms with Crippen molar-refractivity contribution in [3.05, 3.63) is 70.2 Å². The van der Waals surface area contributed by atoms with E-state index in [9.17, 15) is 4.79 Å². The van der Waals surface area contributed by atoms with Crippen molar-refractivity contribution in [1.29, 1.82) is 0 Å². The fourth-order valence-corrected chi connectivity index (χ4v) is 2.07. The highest BCUT2D eigenvalue weighted by Crippen LogP contribution is 2.11. The first kappa shape index (κ1) is 14.6. The summed E-state index contributed by atoms with van der Waals surface area (Å²) in [6.07, 6.45) is 0. The molecule has 0 unspecified atom stereocenters. The monoisotopic (exact) mass is 334 g/mol. The molecule has 2 rings (SSSR count). The molecule has 0 aliphatic rings. The first-order valence-corrected chi connectivity index (χ1v) is 6.97. The van der Waals surface area contributed by atoms with Crippen molar-refractivity contribution in [2.45, 2.75) is 13.2 Å². The highest BCUT2D eigenvalue weighted by molar-refractivity contribution is 9.10. The number of hydrogen-bond acceptors (Lipinski definition) is 2. The minimum Gasteiger partial charge on any atom is -0.332 e. The van der Waals surface area contributed by atoms with Crippen LogP contribution in [0.2, 0.25) is 0 Å². The van der Waals surface area contributed by atoms with E-state index in [-0.39, 0.29) is 6.03 Å². The summed E-state index contributed by atoms with van der Waals surface area (Å²) in [5.41, 5.74) is 4.37. The fraction of sp³-hybridized carbons (Fsp3) is 0.133. The number of hydroxylamine groups is 1. The first-order chi connectivity index (χ1) is 9.74. The number of carbonyl (C=O) groups excluding carboxylic acids is 1. The molecule has 0 spiro atoms. The number of carbonyl (C=O) groups is 1. The van der Waals surface area contributed by atoms with E-state index in [1.807, 2.05) is 54.6 Å². The molecule has 2 N–H and O–H groups in total. The van der Waals surface area contributed by atoms with Crippen LogP contribution < -0.4 is 10.8 Å². The summed E-state index contributed by atoms with van der Waals surface area (Å²) < 4.78 is 0.984. The summed E-state index contributed by atoms with van der Waals surface area (Å²) in [6.45, 7) is 0.783. The highest BCUT2D eigenvalue weighted by Gasteiger charge is 2.01. The van der Waals surface area contributed by atoms with Gasteiger partial charge in [-0.25, -0.2) is 10.3 Å². The van der Waals surface area contributed by atoms with Crippen LogP contribution in [0.5, 0.6) is 0 Å². The molecule has 0 atom stereocenters. The molecule has 2 amide bonds. The normalized spacial score (nSPS) is 10.1. The summed E-state index contributed by atoms with van der Waals surface area (Å²) in [4.78, 5) is 16.7. The van der Waals surface area contributed by atoms with Crippen LogP contribution in [-0.2, 0) is 18.0 Å². The van der Waals surface area contributed by atoms with Gasteiger partial charge >= 0.3 is 6.03 Å². The van der Waals surface area contributed by atoms with E-state index in [0.717, 1.165) is 15.6 Å². The van der Waals surface area contributed by atoms with Crippen LogP contribution in [0.3, 0.4) is 0 Å². The maximum absolute atomic E-state index is 11.5. The van der Waals surface area contributed by atoms with Gasteiger partial charge in [-0.05, 0) is 23.3 Å². The summed E-state index contributed by atoms with van der Waals surface area (Å²) in [5, 5.41) is 2.72. The van der Waals surface area contributed by atoms with Crippen molar-refractivity contribution in [2.75, 3.05) is 0 Å². The van der Waals surface area contributed by atoms with Crippen molar-refractivity contribution < 1.29 is 9.63 Å². The van der Waals surface area contributed by atoms with Gasteiger partial charge in [0.15, 0.2) is 0 Å². The maximum Gasteiger partial charge on any atom is 0.338 e. The standard InChI is InChI=1S/C15H15BrN2O2/c16-14-8-4-7-13(9-14)10-17-15(19)18-20-11-12-5-2-1-3-6-12/h1-9H,10-11H2,(H2,17,18,19). The number of nitrogens with one attached hydrogen (secondary N) is 2. The molecule has 0 aliphatic carbocycles. The van der Waals surface area contributed by atoms with Gasteiger partial charge in [0.25, 0.3) is 0 Å². The molecule has 0 radical (unpaired) electrons. The van der Waals surface area contributed by atoms with E-state index in [2.05, 4.69) is 26.7 Å². The van der Waals surface area contributed by atoms with Crippen LogP contribution in [0.15, 0.2) is 59.1 Å². The van der Waals surface area contributed by atoms with E-state index in [0.29, 0.717) is 13.2 Å². The Balaban J connectivity index is 1.68. The van der Waals surface area contributed by atoms with Crippen molar-refractivity contribution in [3.63, 3.8) is 0 Å². The lowest BCUT2D eigenvalue weighted by atomic mass is 10.2. The molecular weight excluding hydrogens is 320 g/mol. The Morgan fingerprint density at radius 1 is 1.05 bits per heavy atom. The molecule has 0 saturated heterocycles. The van der Waals surface area contributed by atoms with Gasteiger partial charge in [-0.1, -0.05) is 58.4 Å². The van der Waals surface area contributed by atoms with Crippen LogP contribution in [0.4, 0.5) is 4.79 Å². The molecular formula is C15H15BrN2O2. The van der Waals surface area contributed by atoms with Gasteiger partial charge in [-0.2, -0.15) is 0 Å². The summed E-state index contributed by atoms with van der Waals surface area (Å²) in [7, 11) is 0. The molecule has 104 valence electrons. The molecule has 0 fully saturated rings. The van der Waals surface area contributed by atoms with Crippen molar-refractivity contribution >= 4 is 22.0 Å². The first-order valence-electron chi connectivity index (χ1n) is 6.18. The third-order valence-electron chi connectivity index (χ3n) is 2.59. The zero-order valence-electron chi connectivity index (χ0n) is 10.8. The Kier molecular flexibility index (Phi) is 5.58.